The van der Waals surface area contributed by atoms with Gasteiger partial charge < -0.3 is 20.4 Å². The number of aliphatic hydroxyl groups is 2. The summed E-state index contributed by atoms with van der Waals surface area (Å²) >= 11 is 0. The van der Waals surface area contributed by atoms with E-state index >= 15 is 0 Å². The second-order valence-corrected chi connectivity index (χ2v) is 5.16. The van der Waals surface area contributed by atoms with Crippen molar-refractivity contribution in [1.29, 1.82) is 0 Å². The monoisotopic (exact) mass is 314 g/mol. The predicted molar refractivity (Wildman–Crippen MR) is 87.1 cm³/mol. The zero-order chi connectivity index (χ0) is 16.8. The fourth-order valence-electron chi connectivity index (χ4n) is 2.29. The summed E-state index contributed by atoms with van der Waals surface area (Å²) in [6.45, 7) is -0.354. The van der Waals surface area contributed by atoms with Gasteiger partial charge in [-0.15, -0.1) is 0 Å². The zero-order valence-corrected chi connectivity index (χ0v) is 12.4. The van der Waals surface area contributed by atoms with Crippen LogP contribution < -0.4 is 0 Å². The summed E-state index contributed by atoms with van der Waals surface area (Å²) in [6.07, 6.45) is 2.93. The number of phenols is 2. The molecular weight excluding hydrogens is 296 g/mol. The van der Waals surface area contributed by atoms with Gasteiger partial charge in [-0.05, 0) is 41.5 Å². The molecule has 0 aromatic heterocycles. The van der Waals surface area contributed by atoms with Crippen LogP contribution in [-0.2, 0) is 11.2 Å². The molecule has 0 spiro atoms. The zero-order valence-electron chi connectivity index (χ0n) is 12.4. The Morgan fingerprint density at radius 3 is 2.30 bits per heavy atom. The van der Waals surface area contributed by atoms with Crippen molar-refractivity contribution in [2.45, 2.75) is 12.5 Å². The van der Waals surface area contributed by atoms with Crippen molar-refractivity contribution in [3.05, 3.63) is 53.6 Å². The predicted octanol–water partition coefficient (Wildman–Crippen LogP) is 1.87. The summed E-state index contributed by atoms with van der Waals surface area (Å²) in [5.41, 5.74) is 2.24. The maximum atomic E-state index is 10.4. The molecule has 0 aliphatic carbocycles. The van der Waals surface area contributed by atoms with E-state index in [9.17, 15) is 20.1 Å². The van der Waals surface area contributed by atoms with E-state index in [4.69, 9.17) is 5.11 Å². The number of aromatic hydroxyl groups is 2. The third-order valence-corrected chi connectivity index (χ3v) is 3.42. The fraction of sp³-hybridized carbons (Fsp3) is 0.167. The van der Waals surface area contributed by atoms with Gasteiger partial charge in [-0.2, -0.15) is 0 Å². The topological polar surface area (TPSA) is 98.0 Å². The molecule has 0 fully saturated rings. The molecule has 120 valence electrons. The molecule has 23 heavy (non-hydrogen) atoms. The normalized spacial score (nSPS) is 12.4. The van der Waals surface area contributed by atoms with Gasteiger partial charge in [0, 0.05) is 17.5 Å². The summed E-state index contributed by atoms with van der Waals surface area (Å²) in [4.78, 5) is 10.4. The first-order valence-corrected chi connectivity index (χ1v) is 7.11. The molecule has 0 aliphatic heterocycles. The van der Waals surface area contributed by atoms with Gasteiger partial charge in [-0.3, -0.25) is 4.79 Å². The molecule has 1 atom stereocenters. The second-order valence-electron chi connectivity index (χ2n) is 5.16. The smallest absolute Gasteiger partial charge is 0.142 e. The third kappa shape index (κ3) is 4.18. The molecule has 2 rings (SSSR count). The highest BCUT2D eigenvalue weighted by Gasteiger charge is 2.12. The number of phenolic OH excluding ortho intramolecular Hbond substituents is 2. The maximum absolute atomic E-state index is 10.4. The summed E-state index contributed by atoms with van der Waals surface area (Å²) in [6, 6.07) is 9.55. The summed E-state index contributed by atoms with van der Waals surface area (Å²) in [5.74, 6) is -0.0255. The number of allylic oxidation sites excluding steroid dienone is 1. The van der Waals surface area contributed by atoms with E-state index in [1.54, 1.807) is 30.3 Å². The average Bonchev–Trinajstić information content (AvgIpc) is 2.56. The number of hydrogen-bond donors (Lipinski definition) is 4. The highest BCUT2D eigenvalue weighted by atomic mass is 16.3. The lowest BCUT2D eigenvalue weighted by Crippen LogP contribution is -2.14. The van der Waals surface area contributed by atoms with Crippen LogP contribution >= 0.6 is 0 Å². The van der Waals surface area contributed by atoms with Crippen molar-refractivity contribution in [2.24, 2.45) is 0 Å². The summed E-state index contributed by atoms with van der Waals surface area (Å²) < 4.78 is 0. The van der Waals surface area contributed by atoms with Gasteiger partial charge in [-0.1, -0.05) is 18.2 Å². The molecule has 0 heterocycles. The van der Waals surface area contributed by atoms with Crippen LogP contribution in [0.2, 0.25) is 0 Å². The number of carbonyl (C=O) groups is 1. The number of hydrogen-bond acceptors (Lipinski definition) is 5. The highest BCUT2D eigenvalue weighted by Crippen LogP contribution is 2.37. The van der Waals surface area contributed by atoms with E-state index in [2.05, 4.69) is 0 Å². The SMILES string of the molecule is O=C/C=C/c1ccc(O)c(-c2cc(C[C@H](O)CO)ccc2O)c1. The standard InChI is InChI=1S/C18H18O5/c19-7-1-2-12-3-5-17(22)15(9-12)16-10-13(4-6-18(16)23)8-14(21)11-20/h1-7,9-10,14,20-23H,8,11H2/b2-1+/t14-/m0/s1. The number of aldehydes is 1. The largest absolute Gasteiger partial charge is 0.507 e. The lowest BCUT2D eigenvalue weighted by molar-refractivity contribution is -0.104. The summed E-state index contributed by atoms with van der Waals surface area (Å²) in [7, 11) is 0. The molecule has 0 saturated carbocycles. The van der Waals surface area contributed by atoms with Gasteiger partial charge in [-0.25, -0.2) is 0 Å². The van der Waals surface area contributed by atoms with Crippen molar-refractivity contribution < 1.29 is 25.2 Å². The molecule has 2 aromatic rings. The van der Waals surface area contributed by atoms with Crippen molar-refractivity contribution in [1.82, 2.24) is 0 Å². The van der Waals surface area contributed by atoms with Crippen molar-refractivity contribution in [3.8, 4) is 22.6 Å². The van der Waals surface area contributed by atoms with Crippen LogP contribution in [0.4, 0.5) is 0 Å². The Morgan fingerprint density at radius 1 is 1.00 bits per heavy atom. The van der Waals surface area contributed by atoms with Crippen LogP contribution in [-0.4, -0.2) is 39.4 Å². The molecule has 0 aliphatic rings. The molecule has 4 N–H and O–H groups in total. The Kier molecular flexibility index (Phi) is 5.51. The van der Waals surface area contributed by atoms with Gasteiger partial charge in [0.05, 0.1) is 12.7 Å². The van der Waals surface area contributed by atoms with Crippen molar-refractivity contribution in [2.75, 3.05) is 6.61 Å². The first kappa shape index (κ1) is 16.7. The first-order chi connectivity index (χ1) is 11.0. The lowest BCUT2D eigenvalue weighted by Gasteiger charge is -2.12. The molecule has 5 nitrogen and oxygen atoms in total. The van der Waals surface area contributed by atoms with Gasteiger partial charge >= 0.3 is 0 Å². The second kappa shape index (κ2) is 7.58. The Morgan fingerprint density at radius 2 is 1.65 bits per heavy atom. The molecule has 0 unspecified atom stereocenters. The van der Waals surface area contributed by atoms with E-state index in [0.717, 1.165) is 0 Å². The van der Waals surface area contributed by atoms with Gasteiger partial charge in [0.1, 0.15) is 17.8 Å². The average molecular weight is 314 g/mol. The molecule has 5 heteroatoms. The van der Waals surface area contributed by atoms with Gasteiger partial charge in [0.15, 0.2) is 0 Å². The summed E-state index contributed by atoms with van der Waals surface area (Å²) in [5, 5.41) is 38.6. The minimum atomic E-state index is -0.886. The minimum absolute atomic E-state index is 0.0107. The lowest BCUT2D eigenvalue weighted by atomic mass is 9.97. The maximum Gasteiger partial charge on any atom is 0.142 e. The molecule has 0 saturated heterocycles. The third-order valence-electron chi connectivity index (χ3n) is 3.42. The van der Waals surface area contributed by atoms with E-state index in [1.165, 1.54) is 18.2 Å². The van der Waals surface area contributed by atoms with E-state index in [0.29, 0.717) is 28.5 Å². The molecule has 0 radical (unpaired) electrons. The molecular formula is C18H18O5. The van der Waals surface area contributed by atoms with Crippen LogP contribution in [0.3, 0.4) is 0 Å². The number of aliphatic hydroxyl groups excluding tert-OH is 2. The van der Waals surface area contributed by atoms with Crippen LogP contribution in [0.15, 0.2) is 42.5 Å². The first-order valence-electron chi connectivity index (χ1n) is 7.11. The van der Waals surface area contributed by atoms with Crippen LogP contribution in [0.25, 0.3) is 17.2 Å². The van der Waals surface area contributed by atoms with Crippen molar-refractivity contribution in [3.63, 3.8) is 0 Å². The Hall–Kier alpha value is -2.63. The minimum Gasteiger partial charge on any atom is -0.507 e. The molecule has 0 bridgehead atoms. The van der Waals surface area contributed by atoms with Gasteiger partial charge in [0.25, 0.3) is 0 Å². The quantitative estimate of drug-likeness (QED) is 0.482. The molecule has 0 amide bonds. The molecule has 2 aromatic carbocycles. The van der Waals surface area contributed by atoms with Crippen LogP contribution in [0, 0.1) is 0 Å². The van der Waals surface area contributed by atoms with E-state index in [-0.39, 0.29) is 24.5 Å². The van der Waals surface area contributed by atoms with Crippen LogP contribution in [0.5, 0.6) is 11.5 Å². The van der Waals surface area contributed by atoms with Crippen molar-refractivity contribution >= 4 is 12.4 Å². The number of benzene rings is 2. The van der Waals surface area contributed by atoms with E-state index in [1.807, 2.05) is 0 Å². The Labute approximate surface area is 133 Å². The van der Waals surface area contributed by atoms with Crippen LogP contribution in [0.1, 0.15) is 11.1 Å². The van der Waals surface area contributed by atoms with Gasteiger partial charge in [0.2, 0.25) is 0 Å². The number of rotatable bonds is 6. The Balaban J connectivity index is 2.46. The van der Waals surface area contributed by atoms with E-state index < -0.39 is 6.10 Å². The highest BCUT2D eigenvalue weighted by molar-refractivity contribution is 5.80. The Bertz CT molecular complexity index is 721. The number of carbonyl (C=O) groups excluding carboxylic acids is 1. The fourth-order valence-corrected chi connectivity index (χ4v) is 2.29.